The molecule has 0 bridgehead atoms. The fourth-order valence-electron chi connectivity index (χ4n) is 1.23. The zero-order valence-corrected chi connectivity index (χ0v) is 6.92. The first-order chi connectivity index (χ1) is 5.18. The van der Waals surface area contributed by atoms with Crippen molar-refractivity contribution in [3.8, 4) is 0 Å². The van der Waals surface area contributed by atoms with Gasteiger partial charge in [0.2, 0.25) is 0 Å². The second-order valence-electron chi connectivity index (χ2n) is 3.20. The molecule has 11 heavy (non-hydrogen) atoms. The fraction of sp³-hybridized carbons (Fsp3) is 1.00. The second kappa shape index (κ2) is 4.01. The minimum Gasteiger partial charge on any atom is -0.363 e. The van der Waals surface area contributed by atoms with Crippen LogP contribution in [0, 0.1) is 5.92 Å². The van der Waals surface area contributed by atoms with Gasteiger partial charge in [0.15, 0.2) is 0 Å². The lowest BCUT2D eigenvalue weighted by atomic mass is 10.0. The van der Waals surface area contributed by atoms with Gasteiger partial charge < -0.3 is 16.2 Å². The number of hydrogen-bond donors (Lipinski definition) is 3. The summed E-state index contributed by atoms with van der Waals surface area (Å²) in [6.45, 7) is 2.99. The SMILES string of the molecule is CC1CCC(NC(N)N)OC1. The van der Waals surface area contributed by atoms with Crippen LogP contribution in [0.25, 0.3) is 0 Å². The summed E-state index contributed by atoms with van der Waals surface area (Å²) in [5, 5.41) is 2.94. The molecule has 4 heteroatoms. The van der Waals surface area contributed by atoms with Crippen molar-refractivity contribution in [1.29, 1.82) is 0 Å². The third-order valence-electron chi connectivity index (χ3n) is 1.88. The van der Waals surface area contributed by atoms with Crippen LogP contribution in [0.3, 0.4) is 0 Å². The maximum atomic E-state index is 5.43. The Balaban J connectivity index is 2.17. The third kappa shape index (κ3) is 3.16. The maximum absolute atomic E-state index is 5.43. The molecule has 1 heterocycles. The summed E-state index contributed by atoms with van der Waals surface area (Å²) in [6, 6.07) is 0. The lowest BCUT2D eigenvalue weighted by Gasteiger charge is -2.28. The minimum atomic E-state index is -0.464. The van der Waals surface area contributed by atoms with Gasteiger partial charge in [0.05, 0.1) is 6.61 Å². The maximum Gasteiger partial charge on any atom is 0.110 e. The highest BCUT2D eigenvalue weighted by molar-refractivity contribution is 4.66. The highest BCUT2D eigenvalue weighted by Gasteiger charge is 2.18. The zero-order chi connectivity index (χ0) is 8.27. The van der Waals surface area contributed by atoms with Crippen molar-refractivity contribution in [3.63, 3.8) is 0 Å². The summed E-state index contributed by atoms with van der Waals surface area (Å²) >= 11 is 0. The van der Waals surface area contributed by atoms with Crippen LogP contribution in [0.15, 0.2) is 0 Å². The van der Waals surface area contributed by atoms with Gasteiger partial charge in [0.1, 0.15) is 12.5 Å². The Morgan fingerprint density at radius 2 is 2.18 bits per heavy atom. The first kappa shape index (κ1) is 8.93. The average molecular weight is 159 g/mol. The van der Waals surface area contributed by atoms with Crippen LogP contribution in [0.5, 0.6) is 0 Å². The number of nitrogens with two attached hydrogens (primary N) is 2. The molecule has 1 rings (SSSR count). The number of rotatable bonds is 2. The van der Waals surface area contributed by atoms with E-state index in [0.717, 1.165) is 13.0 Å². The molecule has 0 saturated carbocycles. The first-order valence-electron chi connectivity index (χ1n) is 4.07. The van der Waals surface area contributed by atoms with Crippen molar-refractivity contribution in [3.05, 3.63) is 0 Å². The topological polar surface area (TPSA) is 73.3 Å². The molecule has 0 aromatic heterocycles. The normalized spacial score (nSPS) is 32.7. The summed E-state index contributed by atoms with van der Waals surface area (Å²) in [7, 11) is 0. The monoisotopic (exact) mass is 159 g/mol. The quantitative estimate of drug-likeness (QED) is 0.477. The smallest absolute Gasteiger partial charge is 0.110 e. The van der Waals surface area contributed by atoms with Gasteiger partial charge in [0.25, 0.3) is 0 Å². The Kier molecular flexibility index (Phi) is 3.26. The molecule has 2 atom stereocenters. The minimum absolute atomic E-state index is 0.0613. The predicted molar refractivity (Wildman–Crippen MR) is 43.4 cm³/mol. The number of hydrogen-bond acceptors (Lipinski definition) is 4. The summed E-state index contributed by atoms with van der Waals surface area (Å²) in [4.78, 5) is 0. The predicted octanol–water partition coefficient (Wildman–Crippen LogP) is -0.450. The van der Waals surface area contributed by atoms with Gasteiger partial charge in [-0.2, -0.15) is 0 Å². The van der Waals surface area contributed by atoms with E-state index < -0.39 is 6.29 Å². The first-order valence-corrected chi connectivity index (χ1v) is 4.07. The van der Waals surface area contributed by atoms with Crippen LogP contribution in [0.2, 0.25) is 0 Å². The van der Waals surface area contributed by atoms with Crippen molar-refractivity contribution < 1.29 is 4.74 Å². The molecular weight excluding hydrogens is 142 g/mol. The molecule has 0 aromatic rings. The molecule has 0 aliphatic carbocycles. The van der Waals surface area contributed by atoms with Crippen LogP contribution in [-0.4, -0.2) is 19.1 Å². The Labute approximate surface area is 67.3 Å². The van der Waals surface area contributed by atoms with E-state index in [1.165, 1.54) is 6.42 Å². The van der Waals surface area contributed by atoms with E-state index in [-0.39, 0.29) is 6.23 Å². The molecule has 0 amide bonds. The van der Waals surface area contributed by atoms with Crippen molar-refractivity contribution >= 4 is 0 Å². The molecule has 4 nitrogen and oxygen atoms in total. The van der Waals surface area contributed by atoms with Crippen molar-refractivity contribution in [2.75, 3.05) is 6.61 Å². The Morgan fingerprint density at radius 3 is 2.64 bits per heavy atom. The Morgan fingerprint density at radius 1 is 1.45 bits per heavy atom. The van der Waals surface area contributed by atoms with Gasteiger partial charge in [-0.25, -0.2) is 0 Å². The van der Waals surface area contributed by atoms with Crippen molar-refractivity contribution in [2.24, 2.45) is 17.4 Å². The Hall–Kier alpha value is -0.160. The lowest BCUT2D eigenvalue weighted by Crippen LogP contribution is -2.52. The van der Waals surface area contributed by atoms with E-state index in [4.69, 9.17) is 16.2 Å². The molecule has 0 aromatic carbocycles. The van der Waals surface area contributed by atoms with Gasteiger partial charge in [-0.05, 0) is 18.8 Å². The van der Waals surface area contributed by atoms with Crippen molar-refractivity contribution in [2.45, 2.75) is 32.3 Å². The van der Waals surface area contributed by atoms with Gasteiger partial charge in [-0.3, -0.25) is 5.32 Å². The van der Waals surface area contributed by atoms with E-state index in [0.29, 0.717) is 5.92 Å². The molecule has 1 aliphatic rings. The molecule has 2 unspecified atom stereocenters. The molecule has 5 N–H and O–H groups in total. The van der Waals surface area contributed by atoms with Crippen LogP contribution in [-0.2, 0) is 4.74 Å². The molecular formula is C7H17N3O. The van der Waals surface area contributed by atoms with Crippen molar-refractivity contribution in [1.82, 2.24) is 5.32 Å². The number of nitrogens with one attached hydrogen (secondary N) is 1. The Bertz CT molecular complexity index is 110. The van der Waals surface area contributed by atoms with E-state index >= 15 is 0 Å². The van der Waals surface area contributed by atoms with Crippen LogP contribution in [0.4, 0.5) is 0 Å². The second-order valence-corrected chi connectivity index (χ2v) is 3.20. The molecule has 1 fully saturated rings. The van der Waals surface area contributed by atoms with E-state index in [2.05, 4.69) is 12.2 Å². The van der Waals surface area contributed by atoms with Gasteiger partial charge in [-0.15, -0.1) is 0 Å². The van der Waals surface area contributed by atoms with Gasteiger partial charge in [-0.1, -0.05) is 6.92 Å². The summed E-state index contributed by atoms with van der Waals surface area (Å²) < 4.78 is 5.43. The molecule has 0 radical (unpaired) electrons. The zero-order valence-electron chi connectivity index (χ0n) is 6.92. The summed E-state index contributed by atoms with van der Waals surface area (Å²) in [6.07, 6.45) is 1.79. The fourth-order valence-corrected chi connectivity index (χ4v) is 1.23. The van der Waals surface area contributed by atoms with Crippen LogP contribution in [0.1, 0.15) is 19.8 Å². The molecule has 1 saturated heterocycles. The number of ether oxygens (including phenoxy) is 1. The lowest BCUT2D eigenvalue weighted by molar-refractivity contribution is -0.0350. The van der Waals surface area contributed by atoms with Gasteiger partial charge in [0, 0.05) is 0 Å². The standard InChI is InChI=1S/C7H17N3O/c1-5-2-3-6(11-4-5)10-7(8)9/h5-7,10H,2-4,8-9H2,1H3. The highest BCUT2D eigenvalue weighted by atomic mass is 16.5. The van der Waals surface area contributed by atoms with Crippen LogP contribution < -0.4 is 16.8 Å². The van der Waals surface area contributed by atoms with Crippen LogP contribution >= 0.6 is 0 Å². The summed E-state index contributed by atoms with van der Waals surface area (Å²) in [5.41, 5.74) is 10.7. The van der Waals surface area contributed by atoms with E-state index in [1.54, 1.807) is 0 Å². The van der Waals surface area contributed by atoms with E-state index in [1.807, 2.05) is 0 Å². The molecule has 66 valence electrons. The molecule has 1 aliphatic heterocycles. The van der Waals surface area contributed by atoms with Gasteiger partial charge >= 0.3 is 0 Å². The highest BCUT2D eigenvalue weighted by Crippen LogP contribution is 2.16. The third-order valence-corrected chi connectivity index (χ3v) is 1.88. The largest absolute Gasteiger partial charge is 0.363 e. The summed E-state index contributed by atoms with van der Waals surface area (Å²) in [5.74, 6) is 0.669. The molecule has 0 spiro atoms. The van der Waals surface area contributed by atoms with E-state index in [9.17, 15) is 0 Å². The average Bonchev–Trinajstić information content (AvgIpc) is 1.93.